The van der Waals surface area contributed by atoms with Crippen LogP contribution < -0.4 is 26.4 Å². The number of anilines is 1. The zero-order valence-corrected chi connectivity index (χ0v) is 32.3. The maximum atomic E-state index is 14.4. The number of para-hydroxylation sites is 2. The van der Waals surface area contributed by atoms with E-state index in [2.05, 4.69) is 25.7 Å². The molecule has 4 atom stereocenters. The van der Waals surface area contributed by atoms with Gasteiger partial charge in [-0.3, -0.25) is 19.8 Å². The van der Waals surface area contributed by atoms with Crippen LogP contribution >= 0.6 is 0 Å². The van der Waals surface area contributed by atoms with Gasteiger partial charge in [0.15, 0.2) is 11.5 Å². The Morgan fingerprint density at radius 2 is 1.75 bits per heavy atom. The maximum absolute atomic E-state index is 14.4. The Hall–Kier alpha value is -5.07. The summed E-state index contributed by atoms with van der Waals surface area (Å²) in [5.74, 6) is -2.07. The zero-order valence-electron chi connectivity index (χ0n) is 31.5. The van der Waals surface area contributed by atoms with E-state index in [9.17, 15) is 27.6 Å². The number of ether oxygens (including phenoxy) is 1. The molecule has 0 saturated carbocycles. The van der Waals surface area contributed by atoms with Crippen molar-refractivity contribution in [3.63, 3.8) is 0 Å². The average Bonchev–Trinajstić information content (AvgIpc) is 3.81. The number of carbonyl (C=O) groups is 4. The van der Waals surface area contributed by atoms with Crippen LogP contribution in [0.15, 0.2) is 52.9 Å². The monoisotopic (exact) mass is 793 g/mol. The lowest BCUT2D eigenvalue weighted by Gasteiger charge is -2.30. The summed E-state index contributed by atoms with van der Waals surface area (Å²) in [6.07, 6.45) is 4.83. The van der Waals surface area contributed by atoms with Crippen molar-refractivity contribution in [2.24, 2.45) is 11.7 Å². The number of rotatable bonds is 14. The van der Waals surface area contributed by atoms with Crippen molar-refractivity contribution in [3.05, 3.63) is 60.0 Å². The van der Waals surface area contributed by atoms with E-state index in [0.717, 1.165) is 51.4 Å². The molecule has 4 heterocycles. The van der Waals surface area contributed by atoms with Crippen molar-refractivity contribution >= 4 is 56.5 Å². The van der Waals surface area contributed by atoms with E-state index in [1.807, 2.05) is 0 Å². The van der Waals surface area contributed by atoms with E-state index in [1.54, 1.807) is 53.4 Å². The summed E-state index contributed by atoms with van der Waals surface area (Å²) < 4.78 is 39.3. The normalized spacial score (nSPS) is 20.3. The minimum atomic E-state index is -3.84. The van der Waals surface area contributed by atoms with Crippen molar-refractivity contribution in [2.45, 2.75) is 82.0 Å². The van der Waals surface area contributed by atoms with Gasteiger partial charge in [0.2, 0.25) is 27.6 Å². The highest BCUT2D eigenvalue weighted by Gasteiger charge is 2.45. The van der Waals surface area contributed by atoms with Gasteiger partial charge in [-0.25, -0.2) is 22.9 Å². The van der Waals surface area contributed by atoms with Crippen LogP contribution in [0.3, 0.4) is 0 Å². The first-order valence-electron chi connectivity index (χ1n) is 19.2. The summed E-state index contributed by atoms with van der Waals surface area (Å²) in [4.78, 5) is 63.4. The number of benzene rings is 2. The van der Waals surface area contributed by atoms with Gasteiger partial charge in [-0.1, -0.05) is 24.3 Å². The number of nitrogens with one attached hydrogen (secondary N) is 5. The molecule has 3 amide bonds. The molecule has 3 aromatic rings. The average molecular weight is 794 g/mol. The molecule has 3 saturated heterocycles. The number of guanidine groups is 1. The lowest BCUT2D eigenvalue weighted by atomic mass is 9.91. The van der Waals surface area contributed by atoms with Crippen LogP contribution in [0, 0.1) is 11.3 Å². The van der Waals surface area contributed by atoms with Gasteiger partial charge >= 0.3 is 6.09 Å². The minimum absolute atomic E-state index is 0.00615. The number of aromatic nitrogens is 1. The van der Waals surface area contributed by atoms with Crippen LogP contribution in [-0.2, 0) is 30.8 Å². The summed E-state index contributed by atoms with van der Waals surface area (Å²) >= 11 is 0. The van der Waals surface area contributed by atoms with Crippen LogP contribution in [0.1, 0.15) is 67.6 Å². The molecule has 2 aromatic carbocycles. The third kappa shape index (κ3) is 10.8. The highest BCUT2D eigenvalue weighted by atomic mass is 32.2. The molecular formula is C38H51N9O8S. The van der Waals surface area contributed by atoms with E-state index < -0.39 is 57.9 Å². The second kappa shape index (κ2) is 18.3. The van der Waals surface area contributed by atoms with E-state index in [0.29, 0.717) is 47.8 Å². The lowest BCUT2D eigenvalue weighted by molar-refractivity contribution is -0.140. The first-order valence-corrected chi connectivity index (χ1v) is 21.1. The maximum Gasteiger partial charge on any atom is 0.410 e. The van der Waals surface area contributed by atoms with E-state index in [1.165, 1.54) is 4.90 Å². The molecule has 0 bridgehead atoms. The molecule has 56 heavy (non-hydrogen) atoms. The van der Waals surface area contributed by atoms with Crippen LogP contribution in [0.25, 0.3) is 11.1 Å². The number of amides is 3. The van der Waals surface area contributed by atoms with Gasteiger partial charge in [0.25, 0.3) is 5.89 Å². The Morgan fingerprint density at radius 1 is 1.04 bits per heavy atom. The lowest BCUT2D eigenvalue weighted by Crippen LogP contribution is -2.55. The Kier molecular flexibility index (Phi) is 13.2. The van der Waals surface area contributed by atoms with Gasteiger partial charge in [-0.05, 0) is 93.8 Å². The molecule has 0 aliphatic carbocycles. The Labute approximate surface area is 326 Å². The summed E-state index contributed by atoms with van der Waals surface area (Å²) in [5, 5.41) is 16.4. The van der Waals surface area contributed by atoms with Crippen LogP contribution in [0.4, 0.5) is 10.5 Å². The molecule has 0 unspecified atom stereocenters. The molecule has 3 aliphatic heterocycles. The van der Waals surface area contributed by atoms with Crippen molar-refractivity contribution in [1.82, 2.24) is 30.1 Å². The van der Waals surface area contributed by atoms with E-state index in [-0.39, 0.29) is 37.7 Å². The quantitative estimate of drug-likeness (QED) is 0.0783. The van der Waals surface area contributed by atoms with Crippen LogP contribution in [0.2, 0.25) is 0 Å². The fraction of sp³-hybridized carbons (Fsp3) is 0.526. The highest BCUT2D eigenvalue weighted by Crippen LogP contribution is 2.27. The van der Waals surface area contributed by atoms with Crippen molar-refractivity contribution < 1.29 is 36.7 Å². The van der Waals surface area contributed by atoms with Gasteiger partial charge in [0.05, 0.1) is 12.8 Å². The minimum Gasteiger partial charge on any atom is -0.444 e. The van der Waals surface area contributed by atoms with Crippen molar-refractivity contribution in [3.8, 4) is 0 Å². The van der Waals surface area contributed by atoms with Crippen LogP contribution in [0.5, 0.6) is 0 Å². The Balaban J connectivity index is 1.27. The number of nitrogens with two attached hydrogens (primary N) is 1. The molecule has 1 aromatic heterocycles. The predicted octanol–water partition coefficient (Wildman–Crippen LogP) is 2.33. The van der Waals surface area contributed by atoms with Crippen molar-refractivity contribution in [1.29, 1.82) is 5.41 Å². The summed E-state index contributed by atoms with van der Waals surface area (Å²) in [7, 11) is -3.84. The predicted molar refractivity (Wildman–Crippen MR) is 208 cm³/mol. The second-order valence-electron chi connectivity index (χ2n) is 14.9. The molecule has 18 heteroatoms. The molecule has 7 N–H and O–H groups in total. The fourth-order valence-electron chi connectivity index (χ4n) is 7.65. The standard InChI is InChI=1S/C38H51N9O8S/c1-56(52,53)45-29(14-11-24-15-17-41-18-16-24)36(50)47-23-27(54-38(51)46-19-5-2-6-20-46)22-31(47)34(49)43-30(21-25-9-12-26(13-10-25)42-37(39)40)33(48)35-44-28-7-3-4-8-32(28)55-35/h3-4,7-10,12-13,24,27,29-31,41,45H,2,5-6,11,14-23H2,1H3,(H,43,49)(H4,39,40,42)/t27-,29-,30+,31+/m1/s1. The van der Waals surface area contributed by atoms with Crippen molar-refractivity contribution in [2.75, 3.05) is 44.3 Å². The number of piperidine rings is 2. The smallest absolute Gasteiger partial charge is 0.410 e. The van der Waals surface area contributed by atoms with E-state index >= 15 is 0 Å². The summed E-state index contributed by atoms with van der Waals surface area (Å²) in [5.41, 5.74) is 7.52. The van der Waals surface area contributed by atoms with E-state index in [4.69, 9.17) is 20.3 Å². The van der Waals surface area contributed by atoms with Gasteiger partial charge in [0.1, 0.15) is 29.7 Å². The first kappa shape index (κ1) is 40.6. The summed E-state index contributed by atoms with van der Waals surface area (Å²) in [6.45, 7) is 2.62. The van der Waals surface area contributed by atoms with Gasteiger partial charge in [-0.2, -0.15) is 0 Å². The molecule has 0 radical (unpaired) electrons. The third-order valence-corrected chi connectivity index (χ3v) is 11.2. The molecule has 3 aliphatic rings. The number of sulfonamides is 1. The Morgan fingerprint density at radius 3 is 2.43 bits per heavy atom. The SMILES string of the molecule is CS(=O)(=O)N[C@H](CCC1CCNCC1)C(=O)N1C[C@H](OC(=O)N2CCCCC2)C[C@H]1C(=O)N[C@@H](Cc1ccc(NC(=N)N)cc1)C(=O)c1nc2ccccc2o1. The Bertz CT molecular complexity index is 1960. The molecule has 0 spiro atoms. The number of Topliss-reactive ketones (excluding diaryl/α,β-unsaturated/α-hetero) is 1. The molecule has 17 nitrogen and oxygen atoms in total. The number of hydrogen-bond acceptors (Lipinski definition) is 11. The van der Waals surface area contributed by atoms with Gasteiger partial charge in [0, 0.05) is 31.6 Å². The first-order chi connectivity index (χ1) is 26.8. The molecular weight excluding hydrogens is 743 g/mol. The number of carbonyl (C=O) groups excluding carboxylic acids is 4. The molecule has 3 fully saturated rings. The number of oxazole rings is 1. The number of nitrogens with zero attached hydrogens (tertiary/aromatic N) is 3. The number of likely N-dealkylation sites (tertiary alicyclic amines) is 2. The molecule has 6 rings (SSSR count). The number of hydrogen-bond donors (Lipinski definition) is 6. The third-order valence-electron chi connectivity index (χ3n) is 10.5. The fourth-order valence-corrected chi connectivity index (χ4v) is 8.39. The topological polar surface area (TPSA) is 242 Å². The largest absolute Gasteiger partial charge is 0.444 e. The molecule has 302 valence electrons. The van der Waals surface area contributed by atoms with Crippen LogP contribution in [-0.4, -0.2) is 116 Å². The second-order valence-corrected chi connectivity index (χ2v) is 16.6. The number of ketones is 1. The number of fused-ring (bicyclic) bond motifs is 1. The summed E-state index contributed by atoms with van der Waals surface area (Å²) in [6, 6.07) is 10.1. The van der Waals surface area contributed by atoms with Gasteiger partial charge in [-0.15, -0.1) is 0 Å². The zero-order chi connectivity index (χ0) is 39.8. The highest BCUT2D eigenvalue weighted by molar-refractivity contribution is 7.88. The van der Waals surface area contributed by atoms with Gasteiger partial charge < -0.3 is 40.6 Å².